The van der Waals surface area contributed by atoms with Crippen molar-refractivity contribution < 1.29 is 0 Å². The van der Waals surface area contributed by atoms with E-state index < -0.39 is 0 Å². The molecular weight excluding hydrogens is 330 g/mol. The quantitative estimate of drug-likeness (QED) is 0.367. The maximum atomic E-state index is 4.67. The fourth-order valence-corrected chi connectivity index (χ4v) is 4.44. The number of para-hydroxylation sites is 2. The van der Waals surface area contributed by atoms with Crippen molar-refractivity contribution in [2.24, 2.45) is 7.05 Å². The summed E-state index contributed by atoms with van der Waals surface area (Å²) in [4.78, 5) is 4.67. The minimum absolute atomic E-state index is 0.946. The average molecular weight is 347 g/mol. The summed E-state index contributed by atoms with van der Waals surface area (Å²) in [6.45, 7) is 0. The minimum atomic E-state index is 0.946. The van der Waals surface area contributed by atoms with E-state index >= 15 is 0 Å². The lowest BCUT2D eigenvalue weighted by molar-refractivity contribution is 1.01. The van der Waals surface area contributed by atoms with E-state index in [1.165, 1.54) is 43.6 Å². The first kappa shape index (κ1) is 14.6. The Bertz CT molecular complexity index is 1470. The zero-order chi connectivity index (χ0) is 18.0. The summed E-state index contributed by atoms with van der Waals surface area (Å²) in [5.41, 5.74) is 4.89. The van der Waals surface area contributed by atoms with Gasteiger partial charge in [0, 0.05) is 40.3 Å². The second-order valence-electron chi connectivity index (χ2n) is 6.97. The summed E-state index contributed by atoms with van der Waals surface area (Å²) in [6.07, 6.45) is 1.86. The van der Waals surface area contributed by atoms with Crippen molar-refractivity contribution in [3.8, 4) is 5.82 Å². The molecule has 0 bridgehead atoms. The van der Waals surface area contributed by atoms with Gasteiger partial charge in [-0.2, -0.15) is 0 Å². The Hall–Kier alpha value is -3.59. The SMILES string of the molecule is Cn1c2ccccc2c2ccc3c4ccccc4n(-c4ccccn4)c3c21. The van der Waals surface area contributed by atoms with Crippen LogP contribution in [0, 0.1) is 0 Å². The standard InChI is InChI=1S/C24H17N3/c1-26-20-10-4-2-8-16(20)18-13-14-19-17-9-3-5-11-21(17)27(24(19)23(18)26)22-12-6-7-15-25-22/h2-15H,1H3. The number of nitrogens with zero attached hydrogens (tertiary/aromatic N) is 3. The summed E-state index contributed by atoms with van der Waals surface area (Å²) in [7, 11) is 2.16. The monoisotopic (exact) mass is 347 g/mol. The van der Waals surface area contributed by atoms with E-state index in [9.17, 15) is 0 Å². The van der Waals surface area contributed by atoms with Gasteiger partial charge in [0.05, 0.1) is 16.6 Å². The van der Waals surface area contributed by atoms with Gasteiger partial charge in [-0.3, -0.25) is 4.57 Å². The molecular formula is C24H17N3. The number of aryl methyl sites for hydroxylation is 1. The van der Waals surface area contributed by atoms with Crippen molar-refractivity contribution in [2.45, 2.75) is 0 Å². The first-order valence-corrected chi connectivity index (χ1v) is 9.15. The molecule has 128 valence electrons. The van der Waals surface area contributed by atoms with E-state index in [1.54, 1.807) is 0 Å². The Morgan fingerprint density at radius 1 is 0.593 bits per heavy atom. The van der Waals surface area contributed by atoms with Crippen molar-refractivity contribution in [1.82, 2.24) is 14.1 Å². The minimum Gasteiger partial charge on any atom is -0.342 e. The van der Waals surface area contributed by atoms with Crippen molar-refractivity contribution in [3.63, 3.8) is 0 Å². The number of hydrogen-bond donors (Lipinski definition) is 0. The summed E-state index contributed by atoms with van der Waals surface area (Å²) < 4.78 is 4.61. The fraction of sp³-hybridized carbons (Fsp3) is 0.0417. The second kappa shape index (κ2) is 5.21. The molecule has 6 aromatic rings. The molecule has 3 heteroatoms. The number of benzene rings is 3. The van der Waals surface area contributed by atoms with Gasteiger partial charge in [-0.25, -0.2) is 4.98 Å². The van der Waals surface area contributed by atoms with Gasteiger partial charge < -0.3 is 4.57 Å². The smallest absolute Gasteiger partial charge is 0.137 e. The van der Waals surface area contributed by atoms with E-state index in [2.05, 4.69) is 87.9 Å². The van der Waals surface area contributed by atoms with Gasteiger partial charge in [0.1, 0.15) is 5.82 Å². The summed E-state index contributed by atoms with van der Waals surface area (Å²) in [5.74, 6) is 0.946. The molecule has 3 heterocycles. The largest absolute Gasteiger partial charge is 0.342 e. The Kier molecular flexibility index (Phi) is 2.81. The third-order valence-corrected chi connectivity index (χ3v) is 5.58. The van der Waals surface area contributed by atoms with Gasteiger partial charge >= 0.3 is 0 Å². The van der Waals surface area contributed by atoms with Gasteiger partial charge in [0.25, 0.3) is 0 Å². The predicted molar refractivity (Wildman–Crippen MR) is 113 cm³/mol. The third-order valence-electron chi connectivity index (χ3n) is 5.58. The molecule has 3 nitrogen and oxygen atoms in total. The van der Waals surface area contributed by atoms with E-state index in [0.29, 0.717) is 0 Å². The maximum Gasteiger partial charge on any atom is 0.137 e. The van der Waals surface area contributed by atoms with E-state index in [-0.39, 0.29) is 0 Å². The van der Waals surface area contributed by atoms with Crippen molar-refractivity contribution in [2.75, 3.05) is 0 Å². The number of aromatic nitrogens is 3. The molecule has 0 saturated carbocycles. The van der Waals surface area contributed by atoms with Gasteiger partial charge in [0.2, 0.25) is 0 Å². The molecule has 0 saturated heterocycles. The van der Waals surface area contributed by atoms with Gasteiger partial charge in [-0.1, -0.05) is 54.6 Å². The van der Waals surface area contributed by atoms with Gasteiger partial charge in [-0.15, -0.1) is 0 Å². The maximum absolute atomic E-state index is 4.67. The van der Waals surface area contributed by atoms with Crippen LogP contribution in [0.15, 0.2) is 85.1 Å². The Morgan fingerprint density at radius 3 is 1.96 bits per heavy atom. The summed E-state index contributed by atoms with van der Waals surface area (Å²) in [6, 6.07) is 27.8. The van der Waals surface area contributed by atoms with Crippen LogP contribution >= 0.6 is 0 Å². The van der Waals surface area contributed by atoms with Crippen LogP contribution < -0.4 is 0 Å². The van der Waals surface area contributed by atoms with E-state index in [1.807, 2.05) is 18.3 Å². The predicted octanol–water partition coefficient (Wildman–Crippen LogP) is 5.82. The van der Waals surface area contributed by atoms with Crippen LogP contribution in [-0.2, 0) is 7.05 Å². The molecule has 0 N–H and O–H groups in total. The van der Waals surface area contributed by atoms with Crippen LogP contribution in [0.4, 0.5) is 0 Å². The van der Waals surface area contributed by atoms with Crippen LogP contribution in [-0.4, -0.2) is 14.1 Å². The molecule has 0 fully saturated rings. The molecule has 0 aliphatic heterocycles. The Balaban J connectivity index is 1.96. The highest BCUT2D eigenvalue weighted by Gasteiger charge is 2.18. The van der Waals surface area contributed by atoms with Gasteiger partial charge in [-0.05, 0) is 24.3 Å². The lowest BCUT2D eigenvalue weighted by Crippen LogP contribution is -1.98. The summed E-state index contributed by atoms with van der Waals surface area (Å²) in [5, 5.41) is 5.08. The highest BCUT2D eigenvalue weighted by molar-refractivity contribution is 6.23. The van der Waals surface area contributed by atoms with Crippen molar-refractivity contribution in [1.29, 1.82) is 0 Å². The fourth-order valence-electron chi connectivity index (χ4n) is 4.44. The highest BCUT2D eigenvalue weighted by atomic mass is 15.1. The number of pyridine rings is 1. The van der Waals surface area contributed by atoms with Crippen LogP contribution in [0.3, 0.4) is 0 Å². The van der Waals surface area contributed by atoms with E-state index in [0.717, 1.165) is 5.82 Å². The lowest BCUT2D eigenvalue weighted by atomic mass is 10.1. The van der Waals surface area contributed by atoms with Crippen molar-refractivity contribution >= 4 is 43.6 Å². The molecule has 0 amide bonds. The average Bonchev–Trinajstić information content (AvgIpc) is 3.22. The Labute approximate surface area is 156 Å². The molecule has 3 aromatic carbocycles. The topological polar surface area (TPSA) is 22.8 Å². The normalized spacial score (nSPS) is 11.9. The molecule has 27 heavy (non-hydrogen) atoms. The first-order chi connectivity index (χ1) is 13.3. The van der Waals surface area contributed by atoms with Crippen LogP contribution in [0.25, 0.3) is 49.4 Å². The molecule has 0 aliphatic rings. The van der Waals surface area contributed by atoms with Crippen LogP contribution in [0.5, 0.6) is 0 Å². The number of fused-ring (bicyclic) bond motifs is 7. The molecule has 0 atom stereocenters. The van der Waals surface area contributed by atoms with Crippen LogP contribution in [0.2, 0.25) is 0 Å². The first-order valence-electron chi connectivity index (χ1n) is 9.15. The second-order valence-corrected chi connectivity index (χ2v) is 6.97. The van der Waals surface area contributed by atoms with Gasteiger partial charge in [0.15, 0.2) is 0 Å². The van der Waals surface area contributed by atoms with E-state index in [4.69, 9.17) is 0 Å². The zero-order valence-corrected chi connectivity index (χ0v) is 14.9. The number of rotatable bonds is 1. The molecule has 0 unspecified atom stereocenters. The lowest BCUT2D eigenvalue weighted by Gasteiger charge is -2.08. The van der Waals surface area contributed by atoms with Crippen LogP contribution in [0.1, 0.15) is 0 Å². The highest BCUT2D eigenvalue weighted by Crippen LogP contribution is 2.39. The molecule has 6 rings (SSSR count). The summed E-state index contributed by atoms with van der Waals surface area (Å²) >= 11 is 0. The molecule has 0 aliphatic carbocycles. The molecule has 0 radical (unpaired) electrons. The third kappa shape index (κ3) is 1.83. The molecule has 3 aromatic heterocycles. The zero-order valence-electron chi connectivity index (χ0n) is 14.9. The van der Waals surface area contributed by atoms with Crippen molar-refractivity contribution in [3.05, 3.63) is 85.1 Å². The Morgan fingerprint density at radius 2 is 1.22 bits per heavy atom. The molecule has 0 spiro atoms. The number of hydrogen-bond acceptors (Lipinski definition) is 1.